The maximum Gasteiger partial charge on any atom is 0.306 e. The molecule has 2 N–H and O–H groups in total. The van der Waals surface area contributed by atoms with E-state index in [1.165, 1.54) is 18.3 Å². The number of nitrogens with one attached hydrogen (secondary N) is 1. The topological polar surface area (TPSA) is 96.4 Å². The van der Waals surface area contributed by atoms with Gasteiger partial charge in [-0.05, 0) is 49.9 Å². The van der Waals surface area contributed by atoms with Crippen molar-refractivity contribution in [2.75, 3.05) is 0 Å². The van der Waals surface area contributed by atoms with Crippen LogP contribution in [-0.4, -0.2) is 30.5 Å². The van der Waals surface area contributed by atoms with Crippen LogP contribution in [0.4, 0.5) is 4.39 Å². The Morgan fingerprint density at radius 3 is 2.44 bits per heavy atom. The summed E-state index contributed by atoms with van der Waals surface area (Å²) in [7, 11) is -3.71. The molecule has 2 aromatic rings. The van der Waals surface area contributed by atoms with Gasteiger partial charge in [0.1, 0.15) is 10.8 Å². The molecule has 0 unspecified atom stereocenters. The van der Waals surface area contributed by atoms with Crippen LogP contribution in [0.15, 0.2) is 34.7 Å². The van der Waals surface area contributed by atoms with Crippen molar-refractivity contribution in [3.63, 3.8) is 0 Å². The molecule has 3 rings (SSSR count). The summed E-state index contributed by atoms with van der Waals surface area (Å²) < 4.78 is 40.7. The van der Waals surface area contributed by atoms with Crippen molar-refractivity contribution in [2.45, 2.75) is 35.9 Å². The lowest BCUT2D eigenvalue weighted by molar-refractivity contribution is -0.142. The average molecular weight is 384 g/mol. The normalized spacial score (nSPS) is 21.2. The fourth-order valence-corrected chi connectivity index (χ4v) is 5.30. The van der Waals surface area contributed by atoms with Crippen molar-refractivity contribution >= 4 is 27.3 Å². The number of benzene rings is 1. The number of carboxylic acid groups (broad SMARTS) is 1. The second kappa shape index (κ2) is 7.19. The third-order valence-electron chi connectivity index (χ3n) is 4.24. The van der Waals surface area contributed by atoms with Gasteiger partial charge in [0.2, 0.25) is 0 Å². The number of nitrogens with zero attached hydrogens (tertiary/aromatic N) is 1. The van der Waals surface area contributed by atoms with Crippen LogP contribution in [0.3, 0.4) is 0 Å². The quantitative estimate of drug-likeness (QED) is 0.826. The Labute approximate surface area is 148 Å². The highest BCUT2D eigenvalue weighted by molar-refractivity contribution is 7.91. The second-order valence-electron chi connectivity index (χ2n) is 6.00. The standard InChI is InChI=1S/C16H17FN2O4S2/c17-12-5-1-10(2-6-12)15-18-9-14(24-15)25(22,23)19-13-7-3-11(4-8-13)16(20)21/h1-2,5-6,9,11,13,19H,3-4,7-8H2,(H,20,21)/t11-,13-. The number of aromatic nitrogens is 1. The number of carbonyl (C=O) groups is 1. The Kier molecular flexibility index (Phi) is 5.16. The lowest BCUT2D eigenvalue weighted by Gasteiger charge is -2.26. The van der Waals surface area contributed by atoms with Crippen LogP contribution in [0.2, 0.25) is 0 Å². The Morgan fingerprint density at radius 2 is 1.84 bits per heavy atom. The predicted molar refractivity (Wildman–Crippen MR) is 91.2 cm³/mol. The molecule has 1 aromatic heterocycles. The zero-order valence-electron chi connectivity index (χ0n) is 13.2. The predicted octanol–water partition coefficient (Wildman–Crippen LogP) is 2.87. The molecule has 0 spiro atoms. The molecule has 1 saturated carbocycles. The summed E-state index contributed by atoms with van der Waals surface area (Å²) in [6, 6.07) is 5.42. The molecule has 1 aromatic carbocycles. The monoisotopic (exact) mass is 384 g/mol. The number of carboxylic acids is 1. The summed E-state index contributed by atoms with van der Waals surface area (Å²) in [6.45, 7) is 0. The lowest BCUT2D eigenvalue weighted by atomic mass is 9.87. The minimum absolute atomic E-state index is 0.0900. The Balaban J connectivity index is 1.69. The first-order valence-electron chi connectivity index (χ1n) is 7.82. The molecular formula is C16H17FN2O4S2. The highest BCUT2D eigenvalue weighted by atomic mass is 32.2. The van der Waals surface area contributed by atoms with Gasteiger partial charge in [-0.2, -0.15) is 0 Å². The summed E-state index contributed by atoms with van der Waals surface area (Å²) in [5.74, 6) is -1.59. The molecule has 1 fully saturated rings. The van der Waals surface area contributed by atoms with Gasteiger partial charge in [0, 0.05) is 11.6 Å². The van der Waals surface area contributed by atoms with Crippen LogP contribution in [0.1, 0.15) is 25.7 Å². The van der Waals surface area contributed by atoms with Gasteiger partial charge in [-0.3, -0.25) is 4.79 Å². The van der Waals surface area contributed by atoms with Crippen LogP contribution in [0.25, 0.3) is 10.6 Å². The highest BCUT2D eigenvalue weighted by Gasteiger charge is 2.29. The molecule has 6 nitrogen and oxygen atoms in total. The molecule has 9 heteroatoms. The maximum absolute atomic E-state index is 13.0. The third-order valence-corrected chi connectivity index (χ3v) is 7.27. The summed E-state index contributed by atoms with van der Waals surface area (Å²) in [5.41, 5.74) is 0.648. The molecule has 1 aliphatic carbocycles. The number of hydrogen-bond acceptors (Lipinski definition) is 5. The first-order chi connectivity index (χ1) is 11.8. The molecule has 134 valence electrons. The maximum atomic E-state index is 13.0. The average Bonchev–Trinajstić information content (AvgIpc) is 3.06. The molecule has 1 heterocycles. The molecule has 0 amide bonds. The van der Waals surface area contributed by atoms with Gasteiger partial charge < -0.3 is 5.11 Å². The summed E-state index contributed by atoms with van der Waals surface area (Å²) >= 11 is 1.01. The molecule has 0 bridgehead atoms. The van der Waals surface area contributed by atoms with Crippen molar-refractivity contribution < 1.29 is 22.7 Å². The number of halogens is 1. The summed E-state index contributed by atoms with van der Waals surface area (Å²) in [4.78, 5) is 15.1. The van der Waals surface area contributed by atoms with Gasteiger partial charge in [0.25, 0.3) is 10.0 Å². The van der Waals surface area contributed by atoms with E-state index in [-0.39, 0.29) is 16.1 Å². The fourth-order valence-electron chi connectivity index (χ4n) is 2.85. The number of thiazole rings is 1. The van der Waals surface area contributed by atoms with Gasteiger partial charge in [0.05, 0.1) is 12.1 Å². The van der Waals surface area contributed by atoms with Crippen molar-refractivity contribution in [2.24, 2.45) is 5.92 Å². The van der Waals surface area contributed by atoms with Gasteiger partial charge in [0.15, 0.2) is 4.21 Å². The van der Waals surface area contributed by atoms with E-state index in [4.69, 9.17) is 5.11 Å². The minimum Gasteiger partial charge on any atom is -0.481 e. The lowest BCUT2D eigenvalue weighted by Crippen LogP contribution is -2.38. The molecule has 0 atom stereocenters. The Bertz CT molecular complexity index is 857. The van der Waals surface area contributed by atoms with E-state index < -0.39 is 21.9 Å². The van der Waals surface area contributed by atoms with Gasteiger partial charge in [-0.1, -0.05) is 0 Å². The van der Waals surface area contributed by atoms with E-state index >= 15 is 0 Å². The van der Waals surface area contributed by atoms with Crippen LogP contribution in [0, 0.1) is 11.7 Å². The molecule has 0 saturated heterocycles. The third kappa shape index (κ3) is 4.23. The second-order valence-corrected chi connectivity index (χ2v) is 8.97. The largest absolute Gasteiger partial charge is 0.481 e. The molecule has 0 aliphatic heterocycles. The van der Waals surface area contributed by atoms with E-state index in [0.717, 1.165) is 11.3 Å². The van der Waals surface area contributed by atoms with Crippen LogP contribution in [-0.2, 0) is 14.8 Å². The zero-order chi connectivity index (χ0) is 18.0. The smallest absolute Gasteiger partial charge is 0.306 e. The number of hydrogen-bond donors (Lipinski definition) is 2. The van der Waals surface area contributed by atoms with Crippen molar-refractivity contribution in [3.05, 3.63) is 36.3 Å². The van der Waals surface area contributed by atoms with Crippen LogP contribution < -0.4 is 4.72 Å². The van der Waals surface area contributed by atoms with Crippen molar-refractivity contribution in [1.82, 2.24) is 9.71 Å². The summed E-state index contributed by atoms with van der Waals surface area (Å²) in [5, 5.41) is 9.49. The molecule has 25 heavy (non-hydrogen) atoms. The van der Waals surface area contributed by atoms with E-state index in [1.807, 2.05) is 0 Å². The number of aliphatic carboxylic acids is 1. The summed E-state index contributed by atoms with van der Waals surface area (Å²) in [6.07, 6.45) is 3.21. The first-order valence-corrected chi connectivity index (χ1v) is 10.1. The van der Waals surface area contributed by atoms with Crippen molar-refractivity contribution in [1.29, 1.82) is 0 Å². The first kappa shape index (κ1) is 18.0. The Morgan fingerprint density at radius 1 is 1.20 bits per heavy atom. The van der Waals surface area contributed by atoms with E-state index in [2.05, 4.69) is 9.71 Å². The molecular weight excluding hydrogens is 367 g/mol. The van der Waals surface area contributed by atoms with E-state index in [0.29, 0.717) is 36.3 Å². The van der Waals surface area contributed by atoms with Crippen LogP contribution in [0.5, 0.6) is 0 Å². The van der Waals surface area contributed by atoms with Crippen molar-refractivity contribution in [3.8, 4) is 10.6 Å². The zero-order valence-corrected chi connectivity index (χ0v) is 14.8. The van der Waals surface area contributed by atoms with E-state index in [1.54, 1.807) is 12.1 Å². The van der Waals surface area contributed by atoms with Gasteiger partial charge in [-0.15, -0.1) is 11.3 Å². The molecule has 1 aliphatic rings. The Hall–Kier alpha value is -1.84. The molecule has 0 radical (unpaired) electrons. The van der Waals surface area contributed by atoms with E-state index in [9.17, 15) is 17.6 Å². The van der Waals surface area contributed by atoms with Crippen LogP contribution >= 0.6 is 11.3 Å². The minimum atomic E-state index is -3.71. The number of rotatable bonds is 5. The number of sulfonamides is 1. The SMILES string of the molecule is O=C(O)[C@H]1CC[C@H](NS(=O)(=O)c2cnc(-c3ccc(F)cc3)s2)CC1. The highest BCUT2D eigenvalue weighted by Crippen LogP contribution is 2.30. The van der Waals surface area contributed by atoms with Gasteiger partial charge in [-0.25, -0.2) is 22.5 Å². The van der Waals surface area contributed by atoms with Gasteiger partial charge >= 0.3 is 5.97 Å². The fraction of sp³-hybridized carbons (Fsp3) is 0.375.